The summed E-state index contributed by atoms with van der Waals surface area (Å²) in [6, 6.07) is 9.27. The summed E-state index contributed by atoms with van der Waals surface area (Å²) in [4.78, 5) is 13.3. The van der Waals surface area contributed by atoms with Crippen molar-refractivity contribution in [2.45, 2.75) is 12.5 Å². The minimum Gasteiger partial charge on any atom is -0.467 e. The van der Waals surface area contributed by atoms with Gasteiger partial charge in [-0.25, -0.2) is 0 Å². The Bertz CT molecular complexity index is 590. The smallest absolute Gasteiger partial charge is 0.231 e. The summed E-state index contributed by atoms with van der Waals surface area (Å²) >= 11 is 0. The molecule has 0 fully saturated rings. The van der Waals surface area contributed by atoms with Gasteiger partial charge in [-0.1, -0.05) is 12.1 Å². The summed E-state index contributed by atoms with van der Waals surface area (Å²) in [5.41, 5.74) is 9.09. The molecule has 1 aliphatic rings. The van der Waals surface area contributed by atoms with E-state index in [4.69, 9.17) is 10.2 Å². The molecule has 2 heterocycles. The monoisotopic (exact) mass is 242 g/mol. The fourth-order valence-electron chi connectivity index (χ4n) is 2.32. The summed E-state index contributed by atoms with van der Waals surface area (Å²) in [6.07, 6.45) is 2.06. The second-order valence-corrected chi connectivity index (χ2v) is 4.51. The molecule has 0 aliphatic carbocycles. The molecule has 18 heavy (non-hydrogen) atoms. The lowest BCUT2D eigenvalue weighted by molar-refractivity contribution is -0.117. The zero-order valence-corrected chi connectivity index (χ0v) is 10.1. The predicted octanol–water partition coefficient (Wildman–Crippen LogP) is 1.85. The minimum absolute atomic E-state index is 0.119. The molecule has 1 aromatic heterocycles. The molecule has 0 bridgehead atoms. The van der Waals surface area contributed by atoms with E-state index in [1.54, 1.807) is 18.2 Å². The summed E-state index contributed by atoms with van der Waals surface area (Å²) < 4.78 is 5.31. The Balaban J connectivity index is 1.97. The maximum Gasteiger partial charge on any atom is 0.231 e. The van der Waals surface area contributed by atoms with Gasteiger partial charge < -0.3 is 15.1 Å². The highest BCUT2D eigenvalue weighted by molar-refractivity contribution is 6.00. The number of furan rings is 1. The topological polar surface area (TPSA) is 59.5 Å². The van der Waals surface area contributed by atoms with Gasteiger partial charge in [-0.2, -0.15) is 0 Å². The molecule has 3 rings (SSSR count). The highest BCUT2D eigenvalue weighted by Crippen LogP contribution is 2.31. The van der Waals surface area contributed by atoms with Crippen LogP contribution >= 0.6 is 0 Å². The van der Waals surface area contributed by atoms with Crippen LogP contribution in [0.25, 0.3) is 0 Å². The first kappa shape index (κ1) is 11.0. The van der Waals surface area contributed by atoms with Crippen molar-refractivity contribution in [1.29, 1.82) is 0 Å². The van der Waals surface area contributed by atoms with Gasteiger partial charge in [0, 0.05) is 12.7 Å². The van der Waals surface area contributed by atoms with Crippen LogP contribution in [-0.2, 0) is 11.2 Å². The number of carbonyl (C=O) groups excluding carboxylic acids is 1. The molecule has 0 spiro atoms. The van der Waals surface area contributed by atoms with Crippen molar-refractivity contribution >= 4 is 11.6 Å². The molecule has 0 saturated carbocycles. The zero-order chi connectivity index (χ0) is 12.7. The number of carbonyl (C=O) groups is 1. The molecule has 0 radical (unpaired) electrons. The third-order valence-electron chi connectivity index (χ3n) is 3.39. The standard InChI is InChI=1S/C14H14N2O2/c1-16-11-5-4-9(7-10(11)8-13(16)17)14(15)12-3-2-6-18-12/h2-7,14H,8,15H2,1H3. The van der Waals surface area contributed by atoms with E-state index >= 15 is 0 Å². The number of hydrogen-bond acceptors (Lipinski definition) is 3. The van der Waals surface area contributed by atoms with Crippen molar-refractivity contribution < 1.29 is 9.21 Å². The van der Waals surface area contributed by atoms with Gasteiger partial charge in [0.2, 0.25) is 5.91 Å². The third-order valence-corrected chi connectivity index (χ3v) is 3.39. The number of likely N-dealkylation sites (N-methyl/N-ethyl adjacent to an activating group) is 1. The first-order valence-corrected chi connectivity index (χ1v) is 5.85. The summed E-state index contributed by atoms with van der Waals surface area (Å²) in [6.45, 7) is 0. The normalized spacial score (nSPS) is 15.9. The molecule has 1 amide bonds. The van der Waals surface area contributed by atoms with Crippen LogP contribution < -0.4 is 10.6 Å². The molecule has 0 saturated heterocycles. The summed E-state index contributed by atoms with van der Waals surface area (Å²) in [7, 11) is 1.79. The Morgan fingerprint density at radius 2 is 2.22 bits per heavy atom. The average Bonchev–Trinajstić information content (AvgIpc) is 2.98. The number of rotatable bonds is 2. The van der Waals surface area contributed by atoms with Gasteiger partial charge in [-0.05, 0) is 29.3 Å². The largest absolute Gasteiger partial charge is 0.467 e. The first-order valence-electron chi connectivity index (χ1n) is 5.85. The molecule has 4 nitrogen and oxygen atoms in total. The van der Waals surface area contributed by atoms with E-state index in [0.29, 0.717) is 6.42 Å². The van der Waals surface area contributed by atoms with E-state index in [1.807, 2.05) is 30.3 Å². The molecule has 4 heteroatoms. The molecule has 1 atom stereocenters. The Morgan fingerprint density at radius 1 is 1.39 bits per heavy atom. The molecule has 2 N–H and O–H groups in total. The van der Waals surface area contributed by atoms with Gasteiger partial charge in [0.15, 0.2) is 0 Å². The molecule has 2 aromatic rings. The van der Waals surface area contributed by atoms with Crippen LogP contribution in [0.15, 0.2) is 41.0 Å². The van der Waals surface area contributed by atoms with Crippen LogP contribution in [-0.4, -0.2) is 13.0 Å². The van der Waals surface area contributed by atoms with Crippen LogP contribution in [0, 0.1) is 0 Å². The van der Waals surface area contributed by atoms with Crippen molar-refractivity contribution in [3.8, 4) is 0 Å². The van der Waals surface area contributed by atoms with Crippen molar-refractivity contribution in [2.75, 3.05) is 11.9 Å². The SMILES string of the molecule is CN1C(=O)Cc2cc(C(N)c3ccco3)ccc21. The molecule has 1 aromatic carbocycles. The molecular formula is C14H14N2O2. The van der Waals surface area contributed by atoms with Crippen molar-refractivity contribution in [3.63, 3.8) is 0 Å². The quantitative estimate of drug-likeness (QED) is 0.874. The fraction of sp³-hybridized carbons (Fsp3) is 0.214. The predicted molar refractivity (Wildman–Crippen MR) is 68.3 cm³/mol. The van der Waals surface area contributed by atoms with Gasteiger partial charge in [-0.15, -0.1) is 0 Å². The molecule has 92 valence electrons. The van der Waals surface area contributed by atoms with Crippen LogP contribution in [0.4, 0.5) is 5.69 Å². The van der Waals surface area contributed by atoms with Crippen molar-refractivity contribution in [3.05, 3.63) is 53.5 Å². The highest BCUT2D eigenvalue weighted by atomic mass is 16.3. The number of fused-ring (bicyclic) bond motifs is 1. The average molecular weight is 242 g/mol. The third kappa shape index (κ3) is 1.62. The van der Waals surface area contributed by atoms with Gasteiger partial charge in [-0.3, -0.25) is 4.79 Å². The number of hydrogen-bond donors (Lipinski definition) is 1. The number of amides is 1. The Kier molecular flexibility index (Phi) is 2.45. The second kappa shape index (κ2) is 3.99. The first-order chi connectivity index (χ1) is 8.66. The van der Waals surface area contributed by atoms with Crippen LogP contribution in [0.5, 0.6) is 0 Å². The van der Waals surface area contributed by atoms with Gasteiger partial charge in [0.05, 0.1) is 18.7 Å². The van der Waals surface area contributed by atoms with E-state index in [1.165, 1.54) is 0 Å². The molecule has 1 aliphatic heterocycles. The van der Waals surface area contributed by atoms with E-state index in [0.717, 1.165) is 22.6 Å². The lowest BCUT2D eigenvalue weighted by atomic mass is 10.0. The van der Waals surface area contributed by atoms with E-state index in [-0.39, 0.29) is 11.9 Å². The lowest BCUT2D eigenvalue weighted by Crippen LogP contribution is -2.20. The maximum absolute atomic E-state index is 11.6. The lowest BCUT2D eigenvalue weighted by Gasteiger charge is -2.13. The van der Waals surface area contributed by atoms with E-state index < -0.39 is 0 Å². The minimum atomic E-state index is -0.286. The fourth-order valence-corrected chi connectivity index (χ4v) is 2.32. The van der Waals surface area contributed by atoms with E-state index in [2.05, 4.69) is 0 Å². The number of anilines is 1. The number of benzene rings is 1. The number of nitrogens with two attached hydrogens (primary N) is 1. The molecular weight excluding hydrogens is 228 g/mol. The Labute approximate surface area is 105 Å². The van der Waals surface area contributed by atoms with Gasteiger partial charge in [0.1, 0.15) is 5.76 Å². The summed E-state index contributed by atoms with van der Waals surface area (Å²) in [5.74, 6) is 0.848. The van der Waals surface area contributed by atoms with Crippen molar-refractivity contribution in [1.82, 2.24) is 0 Å². The Hall–Kier alpha value is -2.07. The van der Waals surface area contributed by atoms with Gasteiger partial charge in [0.25, 0.3) is 0 Å². The van der Waals surface area contributed by atoms with Crippen LogP contribution in [0.1, 0.15) is 22.9 Å². The second-order valence-electron chi connectivity index (χ2n) is 4.51. The van der Waals surface area contributed by atoms with Crippen molar-refractivity contribution in [2.24, 2.45) is 5.73 Å². The Morgan fingerprint density at radius 3 is 2.94 bits per heavy atom. The van der Waals surface area contributed by atoms with Crippen LogP contribution in [0.2, 0.25) is 0 Å². The van der Waals surface area contributed by atoms with Gasteiger partial charge >= 0.3 is 0 Å². The highest BCUT2D eigenvalue weighted by Gasteiger charge is 2.25. The summed E-state index contributed by atoms with van der Waals surface area (Å²) in [5, 5.41) is 0. The zero-order valence-electron chi connectivity index (χ0n) is 10.1. The van der Waals surface area contributed by atoms with Crippen LogP contribution in [0.3, 0.4) is 0 Å². The maximum atomic E-state index is 11.6. The number of nitrogens with zero attached hydrogens (tertiary/aromatic N) is 1. The molecule has 1 unspecified atom stereocenters. The van der Waals surface area contributed by atoms with E-state index in [9.17, 15) is 4.79 Å².